The Hall–Kier alpha value is -1.18. The average molecular weight is 464 g/mol. The second kappa shape index (κ2) is 10.6. The molecule has 2 rings (SSSR count). The van der Waals surface area contributed by atoms with E-state index in [1.54, 1.807) is 21.3 Å². The molecule has 132 valence electrons. The smallest absolute Gasteiger partial charge is 0.132 e. The second-order valence-corrected chi connectivity index (χ2v) is 6.20. The summed E-state index contributed by atoms with van der Waals surface area (Å²) in [5, 5.41) is 3.45. The summed E-state index contributed by atoms with van der Waals surface area (Å²) in [6, 6.07) is 12.1. The van der Waals surface area contributed by atoms with Gasteiger partial charge in [0.05, 0.1) is 24.9 Å². The van der Waals surface area contributed by atoms with Crippen LogP contribution in [-0.2, 0) is 13.0 Å². The fraction of sp³-hybridized carbons (Fsp3) is 0.333. The number of ether oxygens (including phenoxy) is 3. The van der Waals surface area contributed by atoms with E-state index in [0.717, 1.165) is 51.5 Å². The van der Waals surface area contributed by atoms with E-state index in [0.29, 0.717) is 0 Å². The highest BCUT2D eigenvalue weighted by Gasteiger charge is 2.09. The van der Waals surface area contributed by atoms with Gasteiger partial charge in [0.25, 0.3) is 0 Å². The average Bonchev–Trinajstić information content (AvgIpc) is 2.59. The fourth-order valence-corrected chi connectivity index (χ4v) is 3.07. The number of para-hydroxylation sites is 1. The first-order valence-electron chi connectivity index (χ1n) is 7.42. The summed E-state index contributed by atoms with van der Waals surface area (Å²) in [7, 11) is 5.08. The van der Waals surface area contributed by atoms with Crippen LogP contribution in [0, 0.1) is 3.57 Å². The molecule has 0 saturated carbocycles. The molecule has 0 atom stereocenters. The zero-order valence-electron chi connectivity index (χ0n) is 14.1. The molecule has 2 aromatic carbocycles. The van der Waals surface area contributed by atoms with Crippen LogP contribution in [0.15, 0.2) is 36.4 Å². The molecular formula is C18H23ClINO3. The Balaban J connectivity index is 0.00000288. The van der Waals surface area contributed by atoms with Gasteiger partial charge in [-0.2, -0.15) is 0 Å². The number of nitrogens with one attached hydrogen (secondary N) is 1. The van der Waals surface area contributed by atoms with Gasteiger partial charge < -0.3 is 19.5 Å². The fourth-order valence-electron chi connectivity index (χ4n) is 2.41. The molecule has 6 heteroatoms. The first-order chi connectivity index (χ1) is 11.2. The summed E-state index contributed by atoms with van der Waals surface area (Å²) in [6.45, 7) is 1.62. The molecule has 0 aromatic heterocycles. The zero-order chi connectivity index (χ0) is 16.7. The summed E-state index contributed by atoms with van der Waals surface area (Å²) >= 11 is 2.25. The van der Waals surface area contributed by atoms with Crippen molar-refractivity contribution in [3.8, 4) is 17.2 Å². The standard InChI is InChI=1S/C18H22INO3.ClH/c1-21-16-7-5-4-6-14(16)12-20-9-8-13-10-18(23-3)15(19)11-17(13)22-2;/h4-7,10-11,20H,8-9,12H2,1-3H3;1H. The molecule has 0 bridgehead atoms. The molecule has 2 aromatic rings. The van der Waals surface area contributed by atoms with Crippen LogP contribution >= 0.6 is 35.0 Å². The molecule has 24 heavy (non-hydrogen) atoms. The molecule has 0 radical (unpaired) electrons. The Morgan fingerprint density at radius 3 is 2.21 bits per heavy atom. The van der Waals surface area contributed by atoms with E-state index in [1.165, 1.54) is 0 Å². The van der Waals surface area contributed by atoms with Crippen LogP contribution in [-0.4, -0.2) is 27.9 Å². The van der Waals surface area contributed by atoms with Crippen LogP contribution in [0.3, 0.4) is 0 Å². The molecule has 0 amide bonds. The molecule has 0 spiro atoms. The van der Waals surface area contributed by atoms with Crippen LogP contribution in [0.5, 0.6) is 17.2 Å². The monoisotopic (exact) mass is 463 g/mol. The lowest BCUT2D eigenvalue weighted by atomic mass is 10.1. The van der Waals surface area contributed by atoms with Gasteiger partial charge in [0.1, 0.15) is 17.2 Å². The van der Waals surface area contributed by atoms with Crippen molar-refractivity contribution in [2.75, 3.05) is 27.9 Å². The molecule has 0 unspecified atom stereocenters. The van der Waals surface area contributed by atoms with E-state index in [9.17, 15) is 0 Å². The summed E-state index contributed by atoms with van der Waals surface area (Å²) in [4.78, 5) is 0. The highest BCUT2D eigenvalue weighted by molar-refractivity contribution is 14.1. The summed E-state index contributed by atoms with van der Waals surface area (Å²) in [5.41, 5.74) is 2.29. The van der Waals surface area contributed by atoms with Gasteiger partial charge in [-0.1, -0.05) is 18.2 Å². The SMILES string of the molecule is COc1cc(CCNCc2ccccc2OC)c(OC)cc1I.Cl. The summed E-state index contributed by atoms with van der Waals surface area (Å²) in [5.74, 6) is 2.69. The second-order valence-electron chi connectivity index (χ2n) is 5.04. The summed E-state index contributed by atoms with van der Waals surface area (Å²) in [6.07, 6.45) is 0.867. The van der Waals surface area contributed by atoms with E-state index in [-0.39, 0.29) is 12.4 Å². The van der Waals surface area contributed by atoms with Gasteiger partial charge in [-0.3, -0.25) is 0 Å². The molecule has 1 N–H and O–H groups in total. The van der Waals surface area contributed by atoms with Crippen molar-refractivity contribution in [2.45, 2.75) is 13.0 Å². The minimum absolute atomic E-state index is 0. The van der Waals surface area contributed by atoms with Crippen LogP contribution in [0.2, 0.25) is 0 Å². The van der Waals surface area contributed by atoms with Crippen molar-refractivity contribution in [1.29, 1.82) is 0 Å². The third kappa shape index (κ3) is 5.43. The Bertz CT molecular complexity index is 652. The third-order valence-corrected chi connectivity index (χ3v) is 4.48. The van der Waals surface area contributed by atoms with Crippen LogP contribution < -0.4 is 19.5 Å². The van der Waals surface area contributed by atoms with Gasteiger partial charge in [-0.05, 0) is 59.3 Å². The highest BCUT2D eigenvalue weighted by atomic mass is 127. The predicted molar refractivity (Wildman–Crippen MR) is 108 cm³/mol. The summed E-state index contributed by atoms with van der Waals surface area (Å²) < 4.78 is 17.3. The first kappa shape index (κ1) is 20.9. The number of hydrogen-bond acceptors (Lipinski definition) is 4. The van der Waals surface area contributed by atoms with Gasteiger partial charge in [0, 0.05) is 12.1 Å². The van der Waals surface area contributed by atoms with Crippen molar-refractivity contribution in [3.05, 3.63) is 51.1 Å². The Labute approximate surface area is 163 Å². The van der Waals surface area contributed by atoms with Gasteiger partial charge in [0.2, 0.25) is 0 Å². The molecule has 0 fully saturated rings. The van der Waals surface area contributed by atoms with E-state index in [4.69, 9.17) is 14.2 Å². The molecule has 4 nitrogen and oxygen atoms in total. The van der Waals surface area contributed by atoms with Crippen molar-refractivity contribution in [3.63, 3.8) is 0 Å². The number of methoxy groups -OCH3 is 3. The number of hydrogen-bond donors (Lipinski definition) is 1. The normalized spacial score (nSPS) is 10.0. The van der Waals surface area contributed by atoms with E-state index >= 15 is 0 Å². The highest BCUT2D eigenvalue weighted by Crippen LogP contribution is 2.30. The lowest BCUT2D eigenvalue weighted by Crippen LogP contribution is -2.17. The largest absolute Gasteiger partial charge is 0.496 e. The lowest BCUT2D eigenvalue weighted by molar-refractivity contribution is 0.395. The van der Waals surface area contributed by atoms with Gasteiger partial charge >= 0.3 is 0 Å². The van der Waals surface area contributed by atoms with Gasteiger partial charge in [-0.25, -0.2) is 0 Å². The maximum atomic E-state index is 5.47. The van der Waals surface area contributed by atoms with Gasteiger partial charge in [-0.15, -0.1) is 12.4 Å². The number of rotatable bonds is 8. The van der Waals surface area contributed by atoms with Crippen molar-refractivity contribution >= 4 is 35.0 Å². The maximum Gasteiger partial charge on any atom is 0.132 e. The topological polar surface area (TPSA) is 39.7 Å². The molecule has 0 aliphatic heterocycles. The Kier molecular flexibility index (Phi) is 9.25. The van der Waals surface area contributed by atoms with Crippen molar-refractivity contribution in [2.24, 2.45) is 0 Å². The lowest BCUT2D eigenvalue weighted by Gasteiger charge is -2.13. The van der Waals surface area contributed by atoms with Crippen molar-refractivity contribution < 1.29 is 14.2 Å². The predicted octanol–water partition coefficient (Wildman–Crippen LogP) is 4.07. The zero-order valence-corrected chi connectivity index (χ0v) is 17.1. The van der Waals surface area contributed by atoms with E-state index in [1.807, 2.05) is 30.3 Å². The van der Waals surface area contributed by atoms with Crippen molar-refractivity contribution in [1.82, 2.24) is 5.32 Å². The number of benzene rings is 2. The maximum absolute atomic E-state index is 5.47. The van der Waals surface area contributed by atoms with Gasteiger partial charge in [0.15, 0.2) is 0 Å². The molecular weight excluding hydrogens is 441 g/mol. The third-order valence-electron chi connectivity index (χ3n) is 3.63. The first-order valence-corrected chi connectivity index (χ1v) is 8.50. The van der Waals surface area contributed by atoms with Crippen LogP contribution in [0.1, 0.15) is 11.1 Å². The molecule has 0 saturated heterocycles. The van der Waals surface area contributed by atoms with E-state index < -0.39 is 0 Å². The molecule has 0 aliphatic rings. The number of halogens is 2. The van der Waals surface area contributed by atoms with E-state index in [2.05, 4.69) is 34.0 Å². The minimum Gasteiger partial charge on any atom is -0.496 e. The molecule has 0 aliphatic carbocycles. The van der Waals surface area contributed by atoms with Crippen LogP contribution in [0.25, 0.3) is 0 Å². The Morgan fingerprint density at radius 1 is 0.875 bits per heavy atom. The van der Waals surface area contributed by atoms with Crippen LogP contribution in [0.4, 0.5) is 0 Å². The minimum atomic E-state index is 0. The quantitative estimate of drug-likeness (QED) is 0.473. The Morgan fingerprint density at radius 2 is 1.54 bits per heavy atom. The molecule has 0 heterocycles.